The molecule has 0 spiro atoms. The van der Waals surface area contributed by atoms with Crippen molar-refractivity contribution >= 4 is 5.95 Å². The van der Waals surface area contributed by atoms with E-state index in [0.29, 0.717) is 17.6 Å². The summed E-state index contributed by atoms with van der Waals surface area (Å²) in [4.78, 5) is 10.8. The SMILES string of the molecule is COC1CN(c2nc(C)cc(C#N)n2)CCC1C. The lowest BCUT2D eigenvalue weighted by Gasteiger charge is -2.36. The number of rotatable bonds is 2. The van der Waals surface area contributed by atoms with Gasteiger partial charge in [-0.3, -0.25) is 0 Å². The lowest BCUT2D eigenvalue weighted by atomic mass is 9.96. The van der Waals surface area contributed by atoms with E-state index in [4.69, 9.17) is 10.00 Å². The Morgan fingerprint density at radius 2 is 2.28 bits per heavy atom. The molecule has 1 saturated heterocycles. The van der Waals surface area contributed by atoms with Crippen LogP contribution in [0.2, 0.25) is 0 Å². The van der Waals surface area contributed by atoms with Crippen LogP contribution >= 0.6 is 0 Å². The number of piperidine rings is 1. The summed E-state index contributed by atoms with van der Waals surface area (Å²) in [6, 6.07) is 3.77. The number of nitriles is 1. The zero-order valence-electron chi connectivity index (χ0n) is 11.1. The molecule has 5 heteroatoms. The Morgan fingerprint density at radius 3 is 2.94 bits per heavy atom. The molecular formula is C13H18N4O. The van der Waals surface area contributed by atoms with E-state index < -0.39 is 0 Å². The van der Waals surface area contributed by atoms with Crippen molar-refractivity contribution in [2.75, 3.05) is 25.1 Å². The van der Waals surface area contributed by atoms with Gasteiger partial charge in [0.1, 0.15) is 11.8 Å². The van der Waals surface area contributed by atoms with Crippen molar-refractivity contribution in [3.05, 3.63) is 17.5 Å². The van der Waals surface area contributed by atoms with Gasteiger partial charge in [-0.1, -0.05) is 6.92 Å². The summed E-state index contributed by atoms with van der Waals surface area (Å²) in [5.74, 6) is 1.19. The highest BCUT2D eigenvalue weighted by molar-refractivity contribution is 5.36. The van der Waals surface area contributed by atoms with E-state index in [9.17, 15) is 0 Å². The molecule has 0 saturated carbocycles. The number of ether oxygens (including phenoxy) is 1. The van der Waals surface area contributed by atoms with Crippen molar-refractivity contribution < 1.29 is 4.74 Å². The number of hydrogen-bond donors (Lipinski definition) is 0. The topological polar surface area (TPSA) is 62.0 Å². The minimum absolute atomic E-state index is 0.202. The fraction of sp³-hybridized carbons (Fsp3) is 0.615. The maximum atomic E-state index is 8.94. The van der Waals surface area contributed by atoms with Crippen LogP contribution in [0.25, 0.3) is 0 Å². The van der Waals surface area contributed by atoms with E-state index in [-0.39, 0.29) is 6.10 Å². The molecule has 2 atom stereocenters. The maximum Gasteiger partial charge on any atom is 0.226 e. The van der Waals surface area contributed by atoms with Crippen LogP contribution in [-0.4, -0.2) is 36.3 Å². The van der Waals surface area contributed by atoms with Crippen LogP contribution in [0.15, 0.2) is 6.07 Å². The summed E-state index contributed by atoms with van der Waals surface area (Å²) in [6.45, 7) is 5.77. The molecule has 1 aliphatic heterocycles. The molecule has 0 bridgehead atoms. The first-order valence-corrected chi connectivity index (χ1v) is 6.17. The van der Waals surface area contributed by atoms with Crippen molar-refractivity contribution in [1.29, 1.82) is 5.26 Å². The third kappa shape index (κ3) is 2.59. The summed E-state index contributed by atoms with van der Waals surface area (Å²) in [6.07, 6.45) is 1.26. The second kappa shape index (κ2) is 5.32. The standard InChI is InChI=1S/C13H18N4O/c1-9-4-5-17(8-12(9)18-3)13-15-10(2)6-11(7-14)16-13/h6,9,12H,4-5,8H2,1-3H3. The summed E-state index contributed by atoms with van der Waals surface area (Å²) >= 11 is 0. The van der Waals surface area contributed by atoms with Gasteiger partial charge in [-0.05, 0) is 25.3 Å². The smallest absolute Gasteiger partial charge is 0.226 e. The Bertz CT molecular complexity index is 469. The molecule has 0 N–H and O–H groups in total. The van der Waals surface area contributed by atoms with Crippen LogP contribution in [0, 0.1) is 24.2 Å². The van der Waals surface area contributed by atoms with Gasteiger partial charge < -0.3 is 9.64 Å². The van der Waals surface area contributed by atoms with Gasteiger partial charge >= 0.3 is 0 Å². The Balaban J connectivity index is 2.22. The van der Waals surface area contributed by atoms with Gasteiger partial charge in [0.25, 0.3) is 0 Å². The van der Waals surface area contributed by atoms with Crippen molar-refractivity contribution in [2.24, 2.45) is 5.92 Å². The normalized spacial score (nSPS) is 23.8. The highest BCUT2D eigenvalue weighted by Gasteiger charge is 2.27. The molecular weight excluding hydrogens is 228 g/mol. The summed E-state index contributed by atoms with van der Waals surface area (Å²) < 4.78 is 5.48. The van der Waals surface area contributed by atoms with Crippen LogP contribution in [-0.2, 0) is 4.74 Å². The lowest BCUT2D eigenvalue weighted by Crippen LogP contribution is -2.44. The third-order valence-corrected chi connectivity index (χ3v) is 3.43. The van der Waals surface area contributed by atoms with Gasteiger partial charge in [0.2, 0.25) is 5.95 Å². The minimum atomic E-state index is 0.202. The average Bonchev–Trinajstić information content (AvgIpc) is 2.38. The number of methoxy groups -OCH3 is 1. The van der Waals surface area contributed by atoms with E-state index in [2.05, 4.69) is 27.9 Å². The highest BCUT2D eigenvalue weighted by Crippen LogP contribution is 2.22. The zero-order chi connectivity index (χ0) is 13.1. The third-order valence-electron chi connectivity index (χ3n) is 3.43. The van der Waals surface area contributed by atoms with Crippen LogP contribution in [0.3, 0.4) is 0 Å². The molecule has 2 heterocycles. The van der Waals surface area contributed by atoms with Gasteiger partial charge in [-0.25, -0.2) is 9.97 Å². The number of anilines is 1. The average molecular weight is 246 g/mol. The number of aromatic nitrogens is 2. The molecule has 0 radical (unpaired) electrons. The van der Waals surface area contributed by atoms with Crippen LogP contribution in [0.4, 0.5) is 5.95 Å². The van der Waals surface area contributed by atoms with Crippen LogP contribution in [0.1, 0.15) is 24.7 Å². The van der Waals surface area contributed by atoms with E-state index in [1.807, 2.05) is 6.92 Å². The summed E-state index contributed by atoms with van der Waals surface area (Å²) in [5.41, 5.74) is 1.24. The Morgan fingerprint density at radius 1 is 1.50 bits per heavy atom. The fourth-order valence-corrected chi connectivity index (χ4v) is 2.27. The quantitative estimate of drug-likeness (QED) is 0.791. The first-order chi connectivity index (χ1) is 8.63. The molecule has 0 aromatic carbocycles. The first kappa shape index (κ1) is 12.8. The van der Waals surface area contributed by atoms with Gasteiger partial charge in [0.05, 0.1) is 6.10 Å². The van der Waals surface area contributed by atoms with Crippen molar-refractivity contribution in [3.63, 3.8) is 0 Å². The second-order valence-electron chi connectivity index (χ2n) is 4.79. The van der Waals surface area contributed by atoms with Gasteiger partial charge in [-0.2, -0.15) is 5.26 Å². The molecule has 1 aliphatic rings. The molecule has 1 aromatic rings. The Labute approximate surface area is 107 Å². The second-order valence-corrected chi connectivity index (χ2v) is 4.79. The molecule has 2 rings (SSSR count). The molecule has 96 valence electrons. The predicted octanol–water partition coefficient (Wildman–Crippen LogP) is 1.52. The summed E-state index contributed by atoms with van der Waals surface area (Å²) in [7, 11) is 1.74. The largest absolute Gasteiger partial charge is 0.379 e. The minimum Gasteiger partial charge on any atom is -0.379 e. The lowest BCUT2D eigenvalue weighted by molar-refractivity contribution is 0.0494. The number of aryl methyl sites for hydroxylation is 1. The van der Waals surface area contributed by atoms with Crippen LogP contribution < -0.4 is 4.90 Å². The monoisotopic (exact) mass is 246 g/mol. The molecule has 18 heavy (non-hydrogen) atoms. The van der Waals surface area contributed by atoms with Gasteiger partial charge in [-0.15, -0.1) is 0 Å². The van der Waals surface area contributed by atoms with Gasteiger partial charge in [0.15, 0.2) is 0 Å². The van der Waals surface area contributed by atoms with Crippen LogP contribution in [0.5, 0.6) is 0 Å². The fourth-order valence-electron chi connectivity index (χ4n) is 2.27. The molecule has 1 aromatic heterocycles. The molecule has 2 unspecified atom stereocenters. The Kier molecular flexibility index (Phi) is 3.78. The number of hydrogen-bond acceptors (Lipinski definition) is 5. The predicted molar refractivity (Wildman–Crippen MR) is 68.3 cm³/mol. The zero-order valence-corrected chi connectivity index (χ0v) is 11.1. The maximum absolute atomic E-state index is 8.94. The summed E-state index contributed by atoms with van der Waals surface area (Å²) in [5, 5.41) is 8.94. The van der Waals surface area contributed by atoms with E-state index in [1.54, 1.807) is 13.2 Å². The molecule has 0 aliphatic carbocycles. The van der Waals surface area contributed by atoms with E-state index in [1.165, 1.54) is 0 Å². The van der Waals surface area contributed by atoms with E-state index >= 15 is 0 Å². The molecule has 0 amide bonds. The van der Waals surface area contributed by atoms with Gasteiger partial charge in [0, 0.05) is 25.9 Å². The van der Waals surface area contributed by atoms with E-state index in [0.717, 1.165) is 25.2 Å². The first-order valence-electron chi connectivity index (χ1n) is 6.17. The molecule has 5 nitrogen and oxygen atoms in total. The number of nitrogens with zero attached hydrogens (tertiary/aromatic N) is 4. The van der Waals surface area contributed by atoms with Crippen molar-refractivity contribution in [2.45, 2.75) is 26.4 Å². The highest BCUT2D eigenvalue weighted by atomic mass is 16.5. The molecule has 1 fully saturated rings. The van der Waals surface area contributed by atoms with Crippen molar-refractivity contribution in [1.82, 2.24) is 9.97 Å². The Hall–Kier alpha value is -1.67. The van der Waals surface area contributed by atoms with Crippen molar-refractivity contribution in [3.8, 4) is 6.07 Å².